The molecule has 84 valence electrons. The molecule has 1 saturated carbocycles. The largest absolute Gasteiger partial charge is 0.325 e. The smallest absolute Gasteiger partial charge is 0.0696 e. The van der Waals surface area contributed by atoms with Crippen molar-refractivity contribution in [3.8, 4) is 0 Å². The van der Waals surface area contributed by atoms with Crippen LogP contribution in [0, 0.1) is 6.92 Å². The normalized spacial score (nSPS) is 17.9. The Morgan fingerprint density at radius 2 is 2.31 bits per heavy atom. The van der Waals surface area contributed by atoms with Crippen molar-refractivity contribution >= 4 is 5.52 Å². The van der Waals surface area contributed by atoms with Gasteiger partial charge in [-0.05, 0) is 55.9 Å². The number of fused-ring (bicyclic) bond motifs is 1. The van der Waals surface area contributed by atoms with Crippen molar-refractivity contribution in [1.29, 1.82) is 0 Å². The molecule has 2 aromatic heterocycles. The molecule has 1 aliphatic carbocycles. The molecule has 0 radical (unpaired) electrons. The topological polar surface area (TPSA) is 43.3 Å². The third-order valence-electron chi connectivity index (χ3n) is 3.54. The zero-order valence-electron chi connectivity index (χ0n) is 9.61. The molecule has 0 atom stereocenters. The highest BCUT2D eigenvalue weighted by molar-refractivity contribution is 5.55. The average Bonchev–Trinajstić information content (AvgIpc) is 2.87. The van der Waals surface area contributed by atoms with Crippen LogP contribution in [0.3, 0.4) is 0 Å². The molecule has 0 saturated heterocycles. The van der Waals surface area contributed by atoms with Crippen LogP contribution in [0.2, 0.25) is 0 Å². The van der Waals surface area contributed by atoms with E-state index in [1.807, 2.05) is 16.9 Å². The SMILES string of the molecule is Cc1ccn2ncc(CCC3(N)CC3)c2c1. The van der Waals surface area contributed by atoms with Gasteiger partial charge in [-0.25, -0.2) is 4.52 Å². The molecule has 0 aliphatic heterocycles. The summed E-state index contributed by atoms with van der Waals surface area (Å²) in [6, 6.07) is 4.27. The van der Waals surface area contributed by atoms with E-state index in [9.17, 15) is 0 Å². The Morgan fingerprint density at radius 3 is 3.06 bits per heavy atom. The maximum Gasteiger partial charge on any atom is 0.0696 e. The zero-order chi connectivity index (χ0) is 11.2. The predicted octanol–water partition coefficient (Wildman–Crippen LogP) is 2.07. The zero-order valence-corrected chi connectivity index (χ0v) is 9.61. The van der Waals surface area contributed by atoms with Crippen LogP contribution in [0.5, 0.6) is 0 Å². The molecule has 16 heavy (non-hydrogen) atoms. The number of aromatic nitrogens is 2. The molecular weight excluding hydrogens is 198 g/mol. The van der Waals surface area contributed by atoms with E-state index in [-0.39, 0.29) is 5.54 Å². The van der Waals surface area contributed by atoms with Gasteiger partial charge in [0.1, 0.15) is 0 Å². The Morgan fingerprint density at radius 1 is 1.50 bits per heavy atom. The molecule has 3 nitrogen and oxygen atoms in total. The molecule has 2 N–H and O–H groups in total. The second-order valence-electron chi connectivity index (χ2n) is 5.07. The third-order valence-corrected chi connectivity index (χ3v) is 3.54. The molecule has 0 spiro atoms. The summed E-state index contributed by atoms with van der Waals surface area (Å²) in [5.41, 5.74) is 10.1. The minimum absolute atomic E-state index is 0.137. The van der Waals surface area contributed by atoms with E-state index < -0.39 is 0 Å². The van der Waals surface area contributed by atoms with Gasteiger partial charge in [0.2, 0.25) is 0 Å². The minimum atomic E-state index is 0.137. The van der Waals surface area contributed by atoms with Gasteiger partial charge in [-0.3, -0.25) is 0 Å². The summed E-state index contributed by atoms with van der Waals surface area (Å²) in [5.74, 6) is 0. The van der Waals surface area contributed by atoms with Gasteiger partial charge in [-0.15, -0.1) is 0 Å². The summed E-state index contributed by atoms with van der Waals surface area (Å²) in [7, 11) is 0. The van der Waals surface area contributed by atoms with Crippen molar-refractivity contribution in [3.05, 3.63) is 35.7 Å². The lowest BCUT2D eigenvalue weighted by molar-refractivity contribution is 0.610. The van der Waals surface area contributed by atoms with E-state index in [1.54, 1.807) is 0 Å². The van der Waals surface area contributed by atoms with E-state index in [1.165, 1.54) is 29.5 Å². The number of nitrogens with two attached hydrogens (primary N) is 1. The highest BCUT2D eigenvalue weighted by Crippen LogP contribution is 2.36. The second kappa shape index (κ2) is 3.32. The molecule has 1 aliphatic rings. The number of rotatable bonds is 3. The van der Waals surface area contributed by atoms with Gasteiger partial charge in [0.25, 0.3) is 0 Å². The molecule has 2 heterocycles. The van der Waals surface area contributed by atoms with E-state index in [4.69, 9.17) is 5.73 Å². The second-order valence-corrected chi connectivity index (χ2v) is 5.07. The Bertz CT molecular complexity index is 523. The van der Waals surface area contributed by atoms with Crippen molar-refractivity contribution in [2.75, 3.05) is 0 Å². The van der Waals surface area contributed by atoms with Gasteiger partial charge in [0.15, 0.2) is 0 Å². The first-order chi connectivity index (χ1) is 7.66. The van der Waals surface area contributed by atoms with Gasteiger partial charge in [-0.1, -0.05) is 0 Å². The molecule has 3 rings (SSSR count). The monoisotopic (exact) mass is 215 g/mol. The summed E-state index contributed by atoms with van der Waals surface area (Å²) in [6.07, 6.45) is 8.49. The summed E-state index contributed by atoms with van der Waals surface area (Å²) < 4.78 is 1.94. The van der Waals surface area contributed by atoms with Gasteiger partial charge in [0.05, 0.1) is 11.7 Å². The molecule has 1 fully saturated rings. The van der Waals surface area contributed by atoms with Crippen LogP contribution >= 0.6 is 0 Å². The predicted molar refractivity (Wildman–Crippen MR) is 64.4 cm³/mol. The van der Waals surface area contributed by atoms with Crippen molar-refractivity contribution in [3.63, 3.8) is 0 Å². The summed E-state index contributed by atoms with van der Waals surface area (Å²) in [5, 5.41) is 4.36. The van der Waals surface area contributed by atoms with Crippen LogP contribution in [0.1, 0.15) is 30.4 Å². The molecular formula is C13H17N3. The lowest BCUT2D eigenvalue weighted by Gasteiger charge is -2.06. The molecule has 0 amide bonds. The maximum absolute atomic E-state index is 6.11. The first kappa shape index (κ1) is 9.85. The molecule has 0 unspecified atom stereocenters. The van der Waals surface area contributed by atoms with Gasteiger partial charge >= 0.3 is 0 Å². The van der Waals surface area contributed by atoms with Crippen LogP contribution in [0.25, 0.3) is 5.52 Å². The molecule has 0 bridgehead atoms. The number of pyridine rings is 1. The summed E-state index contributed by atoms with van der Waals surface area (Å²) in [4.78, 5) is 0. The summed E-state index contributed by atoms with van der Waals surface area (Å²) in [6.45, 7) is 2.11. The van der Waals surface area contributed by atoms with E-state index in [2.05, 4.69) is 24.2 Å². The van der Waals surface area contributed by atoms with Crippen LogP contribution < -0.4 is 5.73 Å². The van der Waals surface area contributed by atoms with Crippen LogP contribution in [0.4, 0.5) is 0 Å². The van der Waals surface area contributed by atoms with Gasteiger partial charge in [0, 0.05) is 11.7 Å². The fourth-order valence-corrected chi connectivity index (χ4v) is 2.12. The van der Waals surface area contributed by atoms with Crippen molar-refractivity contribution in [1.82, 2.24) is 9.61 Å². The van der Waals surface area contributed by atoms with E-state index >= 15 is 0 Å². The number of hydrogen-bond donors (Lipinski definition) is 1. The quantitative estimate of drug-likeness (QED) is 0.851. The van der Waals surface area contributed by atoms with E-state index in [0.29, 0.717) is 0 Å². The average molecular weight is 215 g/mol. The molecule has 3 heteroatoms. The Kier molecular flexibility index (Phi) is 2.04. The van der Waals surface area contributed by atoms with Crippen molar-refractivity contribution in [2.45, 2.75) is 38.1 Å². The standard InChI is InChI=1S/C13H17N3/c1-10-3-7-16-12(8-10)11(9-15-16)2-4-13(14)5-6-13/h3,7-9H,2,4-6,14H2,1H3. The fraction of sp³-hybridized carbons (Fsp3) is 0.462. The minimum Gasteiger partial charge on any atom is -0.325 e. The van der Waals surface area contributed by atoms with Crippen LogP contribution in [-0.2, 0) is 6.42 Å². The number of aryl methyl sites for hydroxylation is 2. The van der Waals surface area contributed by atoms with Crippen molar-refractivity contribution < 1.29 is 0 Å². The summed E-state index contributed by atoms with van der Waals surface area (Å²) >= 11 is 0. The first-order valence-electron chi connectivity index (χ1n) is 5.88. The maximum atomic E-state index is 6.11. The van der Waals surface area contributed by atoms with Gasteiger partial charge < -0.3 is 5.73 Å². The van der Waals surface area contributed by atoms with Crippen molar-refractivity contribution in [2.24, 2.45) is 5.73 Å². The highest BCUT2D eigenvalue weighted by atomic mass is 15.2. The number of hydrogen-bond acceptors (Lipinski definition) is 2. The van der Waals surface area contributed by atoms with Gasteiger partial charge in [-0.2, -0.15) is 5.10 Å². The van der Waals surface area contributed by atoms with Crippen LogP contribution in [-0.4, -0.2) is 15.2 Å². The molecule has 2 aromatic rings. The highest BCUT2D eigenvalue weighted by Gasteiger charge is 2.37. The first-order valence-corrected chi connectivity index (χ1v) is 5.88. The van der Waals surface area contributed by atoms with Crippen LogP contribution in [0.15, 0.2) is 24.5 Å². The Labute approximate surface area is 95.3 Å². The molecule has 0 aromatic carbocycles. The lowest BCUT2D eigenvalue weighted by atomic mass is 10.1. The fourth-order valence-electron chi connectivity index (χ4n) is 2.12. The Balaban J connectivity index is 1.88. The third kappa shape index (κ3) is 1.71. The lowest BCUT2D eigenvalue weighted by Crippen LogP contribution is -2.21. The number of nitrogens with zero attached hydrogens (tertiary/aromatic N) is 2. The Hall–Kier alpha value is -1.35. The van der Waals surface area contributed by atoms with E-state index in [0.717, 1.165) is 12.8 Å².